The molecule has 0 saturated carbocycles. The number of rotatable bonds is 8. The molecule has 0 aliphatic rings. The number of carbonyl (C=O) groups excluding carboxylic acids is 1. The number of nitrogens with one attached hydrogen (secondary N) is 1. The van der Waals surface area contributed by atoms with E-state index in [1.54, 1.807) is 6.92 Å². The van der Waals surface area contributed by atoms with Crippen LogP contribution in [0.2, 0.25) is 0 Å². The zero-order valence-corrected chi connectivity index (χ0v) is 11.7. The topological polar surface area (TPSA) is 41.6 Å². The van der Waals surface area contributed by atoms with Crippen molar-refractivity contribution in [3.63, 3.8) is 0 Å². The SMILES string of the molecule is C=C(CNC(CN(C)C)C(C)C)C(=O)OCC. The molecule has 1 unspecified atom stereocenters. The summed E-state index contributed by atoms with van der Waals surface area (Å²) in [6.45, 7) is 11.7. The van der Waals surface area contributed by atoms with Crippen molar-refractivity contribution in [1.82, 2.24) is 10.2 Å². The van der Waals surface area contributed by atoms with Crippen LogP contribution in [0.5, 0.6) is 0 Å². The Balaban J connectivity index is 4.12. The largest absolute Gasteiger partial charge is 0.463 e. The van der Waals surface area contributed by atoms with Crippen LogP contribution in [0.4, 0.5) is 0 Å². The Kier molecular flexibility index (Phi) is 7.83. The van der Waals surface area contributed by atoms with E-state index in [1.807, 2.05) is 14.1 Å². The Hall–Kier alpha value is -0.870. The monoisotopic (exact) mass is 242 g/mol. The van der Waals surface area contributed by atoms with Gasteiger partial charge in [-0.15, -0.1) is 0 Å². The predicted molar refractivity (Wildman–Crippen MR) is 71.0 cm³/mol. The average Bonchev–Trinajstić information content (AvgIpc) is 2.23. The molecule has 0 spiro atoms. The molecular formula is C13H26N2O2. The van der Waals surface area contributed by atoms with Crippen LogP contribution < -0.4 is 5.32 Å². The fourth-order valence-corrected chi connectivity index (χ4v) is 1.46. The lowest BCUT2D eigenvalue weighted by molar-refractivity contribution is -0.138. The van der Waals surface area contributed by atoms with Crippen molar-refractivity contribution in [2.24, 2.45) is 5.92 Å². The average molecular weight is 242 g/mol. The summed E-state index contributed by atoms with van der Waals surface area (Å²) in [6.07, 6.45) is 0. The third-order valence-electron chi connectivity index (χ3n) is 2.51. The highest BCUT2D eigenvalue weighted by atomic mass is 16.5. The van der Waals surface area contributed by atoms with Gasteiger partial charge in [0.2, 0.25) is 0 Å². The summed E-state index contributed by atoms with van der Waals surface area (Å²) in [7, 11) is 4.08. The minimum absolute atomic E-state index is 0.313. The van der Waals surface area contributed by atoms with Crippen LogP contribution in [0.25, 0.3) is 0 Å². The Morgan fingerprint density at radius 2 is 2.00 bits per heavy atom. The second kappa shape index (κ2) is 8.25. The van der Waals surface area contributed by atoms with Gasteiger partial charge in [-0.05, 0) is 26.9 Å². The van der Waals surface area contributed by atoms with Gasteiger partial charge in [-0.1, -0.05) is 20.4 Å². The molecule has 0 radical (unpaired) electrons. The summed E-state index contributed by atoms with van der Waals surface area (Å²) >= 11 is 0. The third-order valence-corrected chi connectivity index (χ3v) is 2.51. The van der Waals surface area contributed by atoms with Crippen molar-refractivity contribution in [2.45, 2.75) is 26.8 Å². The predicted octanol–water partition coefficient (Wildman–Crippen LogP) is 1.28. The molecule has 17 heavy (non-hydrogen) atoms. The van der Waals surface area contributed by atoms with Gasteiger partial charge < -0.3 is 15.0 Å². The smallest absolute Gasteiger partial charge is 0.334 e. The van der Waals surface area contributed by atoms with Gasteiger partial charge in [0.05, 0.1) is 6.61 Å². The second-order valence-corrected chi connectivity index (χ2v) is 4.82. The molecule has 0 aliphatic heterocycles. The first kappa shape index (κ1) is 16.1. The Morgan fingerprint density at radius 1 is 1.41 bits per heavy atom. The van der Waals surface area contributed by atoms with Gasteiger partial charge in [-0.3, -0.25) is 0 Å². The van der Waals surface area contributed by atoms with Crippen molar-refractivity contribution in [3.8, 4) is 0 Å². The zero-order valence-electron chi connectivity index (χ0n) is 11.7. The lowest BCUT2D eigenvalue weighted by Gasteiger charge is -2.25. The zero-order chi connectivity index (χ0) is 13.4. The van der Waals surface area contributed by atoms with E-state index in [-0.39, 0.29) is 5.97 Å². The van der Waals surface area contributed by atoms with Crippen LogP contribution in [0, 0.1) is 5.92 Å². The molecule has 0 aromatic rings. The summed E-state index contributed by atoms with van der Waals surface area (Å²) in [5, 5.41) is 3.35. The molecule has 0 saturated heterocycles. The van der Waals surface area contributed by atoms with Gasteiger partial charge in [-0.25, -0.2) is 4.79 Å². The van der Waals surface area contributed by atoms with Crippen LogP contribution in [-0.4, -0.2) is 50.7 Å². The number of nitrogens with zero attached hydrogens (tertiary/aromatic N) is 1. The number of carbonyl (C=O) groups is 1. The van der Waals surface area contributed by atoms with E-state index in [0.717, 1.165) is 6.54 Å². The molecular weight excluding hydrogens is 216 g/mol. The fraction of sp³-hybridized carbons (Fsp3) is 0.769. The van der Waals surface area contributed by atoms with Crippen molar-refractivity contribution < 1.29 is 9.53 Å². The standard InChI is InChI=1S/C13H26N2O2/c1-7-17-13(16)11(4)8-14-12(10(2)3)9-15(5)6/h10,12,14H,4,7-9H2,1-3,5-6H3. The molecule has 0 amide bonds. The first-order chi connectivity index (χ1) is 7.88. The molecule has 0 bridgehead atoms. The van der Waals surface area contributed by atoms with Crippen molar-refractivity contribution >= 4 is 5.97 Å². The van der Waals surface area contributed by atoms with E-state index in [9.17, 15) is 4.79 Å². The van der Waals surface area contributed by atoms with E-state index < -0.39 is 0 Å². The van der Waals surface area contributed by atoms with Gasteiger partial charge in [0.1, 0.15) is 0 Å². The Bertz CT molecular complexity index is 250. The van der Waals surface area contributed by atoms with Gasteiger partial charge in [-0.2, -0.15) is 0 Å². The van der Waals surface area contributed by atoms with Crippen molar-refractivity contribution in [3.05, 3.63) is 12.2 Å². The fourth-order valence-electron chi connectivity index (χ4n) is 1.46. The quantitative estimate of drug-likeness (QED) is 0.514. The summed E-state index contributed by atoms with van der Waals surface area (Å²) in [5.41, 5.74) is 0.483. The number of likely N-dealkylation sites (N-methyl/N-ethyl adjacent to an activating group) is 1. The van der Waals surface area contributed by atoms with E-state index >= 15 is 0 Å². The van der Waals surface area contributed by atoms with Crippen molar-refractivity contribution in [1.29, 1.82) is 0 Å². The molecule has 1 atom stereocenters. The maximum absolute atomic E-state index is 11.4. The Morgan fingerprint density at radius 3 is 2.41 bits per heavy atom. The minimum Gasteiger partial charge on any atom is -0.463 e. The van der Waals surface area contributed by atoms with E-state index in [2.05, 4.69) is 30.6 Å². The summed E-state index contributed by atoms with van der Waals surface area (Å²) in [6, 6.07) is 0.344. The molecule has 0 aliphatic carbocycles. The molecule has 4 heteroatoms. The van der Waals surface area contributed by atoms with Gasteiger partial charge >= 0.3 is 5.97 Å². The summed E-state index contributed by atoms with van der Waals surface area (Å²) in [5.74, 6) is 0.194. The molecule has 0 aromatic carbocycles. The first-order valence-electron chi connectivity index (χ1n) is 6.11. The number of hydrogen-bond acceptors (Lipinski definition) is 4. The molecule has 0 fully saturated rings. The lowest BCUT2D eigenvalue weighted by atomic mass is 10.0. The Labute approximate surface area is 105 Å². The highest BCUT2D eigenvalue weighted by molar-refractivity contribution is 5.88. The van der Waals surface area contributed by atoms with Crippen LogP contribution in [0.3, 0.4) is 0 Å². The minimum atomic E-state index is -0.313. The van der Waals surface area contributed by atoms with E-state index in [4.69, 9.17) is 4.74 Å². The highest BCUT2D eigenvalue weighted by Crippen LogP contribution is 2.04. The third kappa shape index (κ3) is 7.13. The normalized spacial score (nSPS) is 12.9. The maximum atomic E-state index is 11.4. The highest BCUT2D eigenvalue weighted by Gasteiger charge is 2.15. The molecule has 4 nitrogen and oxygen atoms in total. The number of ether oxygens (including phenoxy) is 1. The lowest BCUT2D eigenvalue weighted by Crippen LogP contribution is -2.43. The second-order valence-electron chi connectivity index (χ2n) is 4.82. The summed E-state index contributed by atoms with van der Waals surface area (Å²) < 4.78 is 4.89. The van der Waals surface area contributed by atoms with Crippen LogP contribution in [-0.2, 0) is 9.53 Å². The molecule has 100 valence electrons. The maximum Gasteiger partial charge on any atom is 0.334 e. The van der Waals surface area contributed by atoms with Gasteiger partial charge in [0.15, 0.2) is 0 Å². The number of hydrogen-bond donors (Lipinski definition) is 1. The van der Waals surface area contributed by atoms with E-state index in [0.29, 0.717) is 30.7 Å². The van der Waals surface area contributed by atoms with Gasteiger partial charge in [0.25, 0.3) is 0 Å². The van der Waals surface area contributed by atoms with Crippen molar-refractivity contribution in [2.75, 3.05) is 33.8 Å². The number of esters is 1. The molecule has 0 heterocycles. The van der Waals surface area contributed by atoms with Gasteiger partial charge in [0, 0.05) is 24.7 Å². The van der Waals surface area contributed by atoms with Crippen LogP contribution in [0.1, 0.15) is 20.8 Å². The molecule has 0 aromatic heterocycles. The van der Waals surface area contributed by atoms with Crippen LogP contribution >= 0.6 is 0 Å². The molecule has 1 N–H and O–H groups in total. The van der Waals surface area contributed by atoms with Crippen LogP contribution in [0.15, 0.2) is 12.2 Å². The van der Waals surface area contributed by atoms with E-state index in [1.165, 1.54) is 0 Å². The molecule has 0 rings (SSSR count). The first-order valence-corrected chi connectivity index (χ1v) is 6.11. The summed E-state index contributed by atoms with van der Waals surface area (Å²) in [4.78, 5) is 13.5.